The zero-order valence-corrected chi connectivity index (χ0v) is 20.5. The van der Waals surface area contributed by atoms with E-state index in [-0.39, 0.29) is 37.9 Å². The minimum absolute atomic E-state index is 0.00691. The summed E-state index contributed by atoms with van der Waals surface area (Å²) in [7, 11) is 0. The summed E-state index contributed by atoms with van der Waals surface area (Å²) >= 11 is 6.39. The lowest BCUT2D eigenvalue weighted by Gasteiger charge is -2.37. The monoisotopic (exact) mass is 505 g/mol. The zero-order valence-electron chi connectivity index (χ0n) is 19.7. The average molecular weight is 506 g/mol. The minimum Gasteiger partial charge on any atom is -0.376 e. The largest absolute Gasteiger partial charge is 0.376 e. The molecule has 1 unspecified atom stereocenters. The van der Waals surface area contributed by atoms with Gasteiger partial charge in [-0.15, -0.1) is 0 Å². The lowest BCUT2D eigenvalue weighted by atomic mass is 9.86. The van der Waals surface area contributed by atoms with Gasteiger partial charge >= 0.3 is 6.03 Å². The van der Waals surface area contributed by atoms with Crippen molar-refractivity contribution < 1.29 is 23.1 Å². The number of urea groups is 1. The smallest absolute Gasteiger partial charge is 0.319 e. The van der Waals surface area contributed by atoms with E-state index in [4.69, 9.17) is 16.3 Å². The van der Waals surface area contributed by atoms with Gasteiger partial charge in [0.2, 0.25) is 0 Å². The normalized spacial score (nSPS) is 19.4. The van der Waals surface area contributed by atoms with Crippen molar-refractivity contribution in [2.24, 2.45) is 0 Å². The second-order valence-electron chi connectivity index (χ2n) is 9.08. The number of alkyl halides is 1. The third kappa shape index (κ3) is 5.93. The van der Waals surface area contributed by atoms with E-state index in [2.05, 4.69) is 10.6 Å². The summed E-state index contributed by atoms with van der Waals surface area (Å²) in [6, 6.07) is 8.27. The van der Waals surface area contributed by atoms with Gasteiger partial charge in [0, 0.05) is 44.6 Å². The van der Waals surface area contributed by atoms with Crippen LogP contribution in [0.2, 0.25) is 5.02 Å². The molecule has 0 bridgehead atoms. The van der Waals surface area contributed by atoms with Crippen LogP contribution in [0.4, 0.5) is 19.3 Å². The number of carbonyl (C=O) groups is 2. The number of amides is 3. The highest BCUT2D eigenvalue weighted by molar-refractivity contribution is 6.34. The maximum atomic E-state index is 15.5. The molecule has 2 aliphatic rings. The van der Waals surface area contributed by atoms with E-state index in [1.54, 1.807) is 17.0 Å². The Morgan fingerprint density at radius 1 is 1.20 bits per heavy atom. The summed E-state index contributed by atoms with van der Waals surface area (Å²) in [5, 5.41) is 5.84. The first-order valence-corrected chi connectivity index (χ1v) is 12.4. The minimum atomic E-state index is -1.61. The topological polar surface area (TPSA) is 70.7 Å². The molecular formula is C26H30ClF2N3O3. The second-order valence-corrected chi connectivity index (χ2v) is 9.48. The standard InChI is InChI=1S/C26H30ClF2N3O3/c1-2-17-14-22(27)23(31-25(34)30-16-20-4-3-13-35-20)15-21(17)24(33)32-11-9-26(29,10-12-32)18-5-7-19(28)8-6-18/h5-8,14-15,20H,2-4,9-13,16H2,1H3,(H2,30,31,34). The number of likely N-dealkylation sites (tertiary alicyclic amines) is 1. The summed E-state index contributed by atoms with van der Waals surface area (Å²) in [6.45, 7) is 3.47. The molecule has 0 spiro atoms. The molecule has 3 amide bonds. The van der Waals surface area contributed by atoms with Crippen LogP contribution in [0, 0.1) is 5.82 Å². The number of ether oxygens (including phenoxy) is 1. The summed E-state index contributed by atoms with van der Waals surface area (Å²) in [4.78, 5) is 27.4. The Bertz CT molecular complexity index is 1070. The first-order chi connectivity index (χ1) is 16.8. The van der Waals surface area contributed by atoms with E-state index in [1.165, 1.54) is 24.3 Å². The third-order valence-electron chi connectivity index (χ3n) is 6.77. The number of nitrogens with zero attached hydrogens (tertiary/aromatic N) is 1. The van der Waals surface area contributed by atoms with Crippen LogP contribution in [0.1, 0.15) is 54.1 Å². The highest BCUT2D eigenvalue weighted by atomic mass is 35.5. The van der Waals surface area contributed by atoms with Crippen molar-refractivity contribution in [1.29, 1.82) is 0 Å². The van der Waals surface area contributed by atoms with Gasteiger partial charge in [0.05, 0.1) is 16.8 Å². The van der Waals surface area contributed by atoms with E-state index in [9.17, 15) is 14.0 Å². The van der Waals surface area contributed by atoms with E-state index < -0.39 is 17.5 Å². The number of aryl methyl sites for hydroxylation is 1. The van der Waals surface area contributed by atoms with Crippen LogP contribution in [0.15, 0.2) is 36.4 Å². The number of anilines is 1. The van der Waals surface area contributed by atoms with Gasteiger partial charge in [0.1, 0.15) is 11.5 Å². The van der Waals surface area contributed by atoms with Crippen LogP contribution >= 0.6 is 11.6 Å². The zero-order chi connectivity index (χ0) is 25.0. The van der Waals surface area contributed by atoms with Crippen LogP contribution in [0.25, 0.3) is 0 Å². The molecule has 1 atom stereocenters. The van der Waals surface area contributed by atoms with Crippen molar-refractivity contribution in [1.82, 2.24) is 10.2 Å². The van der Waals surface area contributed by atoms with Crippen molar-refractivity contribution in [3.8, 4) is 0 Å². The van der Waals surface area contributed by atoms with E-state index in [1.807, 2.05) is 6.92 Å². The molecule has 2 N–H and O–H groups in total. The fourth-order valence-electron chi connectivity index (χ4n) is 4.65. The molecule has 2 heterocycles. The number of hydrogen-bond donors (Lipinski definition) is 2. The molecule has 6 nitrogen and oxygen atoms in total. The van der Waals surface area contributed by atoms with Gasteiger partial charge in [-0.3, -0.25) is 4.79 Å². The third-order valence-corrected chi connectivity index (χ3v) is 7.08. The predicted octanol–water partition coefficient (Wildman–Crippen LogP) is 5.44. The van der Waals surface area contributed by atoms with Crippen LogP contribution in [0.5, 0.6) is 0 Å². The Kier molecular flexibility index (Phi) is 7.91. The summed E-state index contributed by atoms with van der Waals surface area (Å²) in [5.41, 5.74) is 0.333. The number of piperidine rings is 1. The maximum Gasteiger partial charge on any atom is 0.319 e. The summed E-state index contributed by atoms with van der Waals surface area (Å²) in [5.74, 6) is -0.646. The molecule has 9 heteroatoms. The molecule has 2 aromatic carbocycles. The van der Waals surface area contributed by atoms with Gasteiger partial charge in [0.25, 0.3) is 5.91 Å². The molecule has 188 valence electrons. The van der Waals surface area contributed by atoms with Gasteiger partial charge in [-0.25, -0.2) is 13.6 Å². The van der Waals surface area contributed by atoms with Crippen LogP contribution < -0.4 is 10.6 Å². The first-order valence-electron chi connectivity index (χ1n) is 12.0. The van der Waals surface area contributed by atoms with E-state index in [0.29, 0.717) is 41.4 Å². The second kappa shape index (κ2) is 10.9. The van der Waals surface area contributed by atoms with E-state index >= 15 is 4.39 Å². The highest BCUT2D eigenvalue weighted by Crippen LogP contribution is 2.38. The fraction of sp³-hybridized carbons (Fsp3) is 0.462. The molecule has 35 heavy (non-hydrogen) atoms. The summed E-state index contributed by atoms with van der Waals surface area (Å²) < 4.78 is 34.3. The van der Waals surface area contributed by atoms with Crippen molar-refractivity contribution in [3.05, 3.63) is 63.9 Å². The Morgan fingerprint density at radius 2 is 1.91 bits per heavy atom. The van der Waals surface area contributed by atoms with Gasteiger partial charge < -0.3 is 20.3 Å². The number of hydrogen-bond acceptors (Lipinski definition) is 3. The van der Waals surface area contributed by atoms with Gasteiger partial charge in [0.15, 0.2) is 0 Å². The lowest BCUT2D eigenvalue weighted by Crippen LogP contribution is -2.43. The molecule has 0 radical (unpaired) electrons. The Hall–Kier alpha value is -2.71. The number of rotatable bonds is 6. The van der Waals surface area contributed by atoms with Crippen molar-refractivity contribution >= 4 is 29.2 Å². The quantitative estimate of drug-likeness (QED) is 0.549. The Morgan fingerprint density at radius 3 is 2.54 bits per heavy atom. The molecule has 0 aliphatic carbocycles. The van der Waals surface area contributed by atoms with Gasteiger partial charge in [-0.2, -0.15) is 0 Å². The molecule has 0 saturated carbocycles. The number of benzene rings is 2. The van der Waals surface area contributed by atoms with E-state index in [0.717, 1.165) is 18.4 Å². The Labute approximate surface area is 209 Å². The van der Waals surface area contributed by atoms with Gasteiger partial charge in [-0.1, -0.05) is 30.7 Å². The molecule has 4 rings (SSSR count). The molecular weight excluding hydrogens is 476 g/mol. The fourth-order valence-corrected chi connectivity index (χ4v) is 4.89. The lowest BCUT2D eigenvalue weighted by molar-refractivity contribution is 0.0420. The number of nitrogens with one attached hydrogen (secondary N) is 2. The number of carbonyl (C=O) groups excluding carboxylic acids is 2. The maximum absolute atomic E-state index is 15.5. The number of halogens is 3. The van der Waals surface area contributed by atoms with Crippen LogP contribution in [0.3, 0.4) is 0 Å². The van der Waals surface area contributed by atoms with Crippen LogP contribution in [-0.4, -0.2) is 49.2 Å². The predicted molar refractivity (Wildman–Crippen MR) is 131 cm³/mol. The SMILES string of the molecule is CCc1cc(Cl)c(NC(=O)NCC2CCCO2)cc1C(=O)N1CCC(F)(c2ccc(F)cc2)CC1. The van der Waals surface area contributed by atoms with Crippen LogP contribution in [-0.2, 0) is 16.8 Å². The molecule has 2 saturated heterocycles. The molecule has 2 aromatic rings. The highest BCUT2D eigenvalue weighted by Gasteiger charge is 2.38. The summed E-state index contributed by atoms with van der Waals surface area (Å²) in [6.07, 6.45) is 2.71. The van der Waals surface area contributed by atoms with Crippen molar-refractivity contribution in [3.63, 3.8) is 0 Å². The Balaban J connectivity index is 1.44. The van der Waals surface area contributed by atoms with Crippen molar-refractivity contribution in [2.75, 3.05) is 31.6 Å². The molecule has 0 aromatic heterocycles. The van der Waals surface area contributed by atoms with Crippen molar-refractivity contribution in [2.45, 2.75) is 50.8 Å². The molecule has 2 fully saturated rings. The average Bonchev–Trinajstić information content (AvgIpc) is 3.38. The first kappa shape index (κ1) is 25.4. The van der Waals surface area contributed by atoms with Gasteiger partial charge in [-0.05, 0) is 54.7 Å². The molecule has 2 aliphatic heterocycles.